The van der Waals surface area contributed by atoms with Crippen molar-refractivity contribution in [2.24, 2.45) is 0 Å². The highest BCUT2D eigenvalue weighted by Gasteiger charge is 2.13. The monoisotopic (exact) mass is 446 g/mol. The van der Waals surface area contributed by atoms with Crippen LogP contribution in [0.25, 0.3) is 44.6 Å². The van der Waals surface area contributed by atoms with Gasteiger partial charge in [-0.25, -0.2) is 0 Å². The summed E-state index contributed by atoms with van der Waals surface area (Å²) in [5, 5.41) is 0.707. The SMILES string of the molecule is Cc1ccc(-c2ccccc2-c2ccc(Cl)c(-c3ccc(-c4ccccc4)nc3)c2)c(C)n1. The van der Waals surface area contributed by atoms with Crippen LogP contribution in [0.15, 0.2) is 103 Å². The van der Waals surface area contributed by atoms with Gasteiger partial charge < -0.3 is 0 Å². The third-order valence-corrected chi connectivity index (χ3v) is 6.19. The second-order valence-electron chi connectivity index (χ2n) is 8.12. The summed E-state index contributed by atoms with van der Waals surface area (Å²) in [5.41, 5.74) is 10.6. The van der Waals surface area contributed by atoms with Crippen molar-refractivity contribution in [2.75, 3.05) is 0 Å². The fourth-order valence-electron chi connectivity index (χ4n) is 4.19. The largest absolute Gasteiger partial charge is 0.258 e. The minimum atomic E-state index is 0.707. The van der Waals surface area contributed by atoms with Crippen LogP contribution in [-0.4, -0.2) is 9.97 Å². The first-order chi connectivity index (χ1) is 16.1. The number of rotatable bonds is 4. The Morgan fingerprint density at radius 2 is 1.30 bits per heavy atom. The lowest BCUT2D eigenvalue weighted by molar-refractivity contribution is 1.13. The Kier molecular flexibility index (Phi) is 5.77. The summed E-state index contributed by atoms with van der Waals surface area (Å²) in [6, 6.07) is 33.2. The van der Waals surface area contributed by atoms with Crippen molar-refractivity contribution in [1.82, 2.24) is 9.97 Å². The Bertz CT molecular complexity index is 1420. The van der Waals surface area contributed by atoms with Gasteiger partial charge in [0.1, 0.15) is 0 Å². The van der Waals surface area contributed by atoms with Crippen LogP contribution in [0.3, 0.4) is 0 Å². The Hall–Kier alpha value is -3.75. The summed E-state index contributed by atoms with van der Waals surface area (Å²) in [7, 11) is 0. The summed E-state index contributed by atoms with van der Waals surface area (Å²) >= 11 is 6.64. The van der Waals surface area contributed by atoms with Gasteiger partial charge in [0.05, 0.1) is 5.69 Å². The fourth-order valence-corrected chi connectivity index (χ4v) is 4.41. The molecule has 0 radical (unpaired) electrons. The van der Waals surface area contributed by atoms with Gasteiger partial charge in [0, 0.05) is 44.9 Å². The molecule has 0 amide bonds. The van der Waals surface area contributed by atoms with Gasteiger partial charge in [-0.2, -0.15) is 0 Å². The van der Waals surface area contributed by atoms with E-state index >= 15 is 0 Å². The average molecular weight is 447 g/mol. The van der Waals surface area contributed by atoms with Crippen LogP contribution in [0, 0.1) is 13.8 Å². The van der Waals surface area contributed by atoms with Crippen LogP contribution in [0.2, 0.25) is 5.02 Å². The molecular weight excluding hydrogens is 424 g/mol. The van der Waals surface area contributed by atoms with Gasteiger partial charge in [0.15, 0.2) is 0 Å². The molecule has 2 heterocycles. The summed E-state index contributed by atoms with van der Waals surface area (Å²) in [5.74, 6) is 0. The van der Waals surface area contributed by atoms with E-state index in [2.05, 4.69) is 83.6 Å². The lowest BCUT2D eigenvalue weighted by Gasteiger charge is -2.14. The maximum Gasteiger partial charge on any atom is 0.0702 e. The number of aryl methyl sites for hydroxylation is 2. The van der Waals surface area contributed by atoms with Gasteiger partial charge in [-0.1, -0.05) is 84.4 Å². The Labute approximate surface area is 199 Å². The van der Waals surface area contributed by atoms with Gasteiger partial charge in [-0.05, 0) is 54.8 Å². The van der Waals surface area contributed by atoms with Gasteiger partial charge in [-0.3, -0.25) is 9.97 Å². The van der Waals surface area contributed by atoms with Crippen molar-refractivity contribution in [2.45, 2.75) is 13.8 Å². The second kappa shape index (κ2) is 9.01. The van der Waals surface area contributed by atoms with Crippen molar-refractivity contribution in [3.05, 3.63) is 120 Å². The summed E-state index contributed by atoms with van der Waals surface area (Å²) in [6.07, 6.45) is 1.90. The van der Waals surface area contributed by atoms with Crippen molar-refractivity contribution < 1.29 is 0 Å². The van der Waals surface area contributed by atoms with Crippen LogP contribution in [0.4, 0.5) is 0 Å². The lowest BCUT2D eigenvalue weighted by Crippen LogP contribution is -1.93. The molecule has 33 heavy (non-hydrogen) atoms. The molecule has 5 aromatic rings. The van der Waals surface area contributed by atoms with Crippen LogP contribution >= 0.6 is 11.6 Å². The predicted octanol–water partition coefficient (Wildman–Crippen LogP) is 8.41. The predicted molar refractivity (Wildman–Crippen MR) is 138 cm³/mol. The zero-order valence-electron chi connectivity index (χ0n) is 18.6. The first-order valence-electron chi connectivity index (χ1n) is 11.0. The van der Waals surface area contributed by atoms with E-state index < -0.39 is 0 Å². The van der Waals surface area contributed by atoms with E-state index in [-0.39, 0.29) is 0 Å². The zero-order valence-corrected chi connectivity index (χ0v) is 19.3. The maximum atomic E-state index is 6.64. The lowest BCUT2D eigenvalue weighted by atomic mass is 9.92. The van der Waals surface area contributed by atoms with Gasteiger partial charge >= 0.3 is 0 Å². The van der Waals surface area contributed by atoms with Crippen LogP contribution < -0.4 is 0 Å². The molecule has 0 saturated heterocycles. The molecule has 0 saturated carbocycles. The quantitative estimate of drug-likeness (QED) is 0.277. The molecule has 2 aromatic heterocycles. The first kappa shape index (κ1) is 21.1. The van der Waals surface area contributed by atoms with Crippen molar-refractivity contribution in [3.8, 4) is 44.6 Å². The molecule has 3 aromatic carbocycles. The van der Waals surface area contributed by atoms with Crippen LogP contribution in [-0.2, 0) is 0 Å². The third-order valence-electron chi connectivity index (χ3n) is 5.86. The topological polar surface area (TPSA) is 25.8 Å². The smallest absolute Gasteiger partial charge is 0.0702 e. The van der Waals surface area contributed by atoms with Crippen molar-refractivity contribution in [1.29, 1.82) is 0 Å². The summed E-state index contributed by atoms with van der Waals surface area (Å²) in [6.45, 7) is 4.08. The van der Waals surface area contributed by atoms with Crippen molar-refractivity contribution in [3.63, 3.8) is 0 Å². The standard InChI is InChI=1S/C30H23ClN2/c1-20-12-15-25(21(2)33-20)27-11-7-6-10-26(27)23-13-16-29(31)28(18-23)24-14-17-30(32-19-24)22-8-4-3-5-9-22/h3-19H,1-2H3. The Balaban J connectivity index is 1.57. The molecular formula is C30H23ClN2. The number of halogens is 1. The van der Waals surface area contributed by atoms with Gasteiger partial charge in [-0.15, -0.1) is 0 Å². The first-order valence-corrected chi connectivity index (χ1v) is 11.3. The van der Waals surface area contributed by atoms with E-state index in [4.69, 9.17) is 11.6 Å². The zero-order chi connectivity index (χ0) is 22.8. The number of nitrogens with zero attached hydrogens (tertiary/aromatic N) is 2. The Morgan fingerprint density at radius 1 is 0.576 bits per heavy atom. The highest BCUT2D eigenvalue weighted by atomic mass is 35.5. The highest BCUT2D eigenvalue weighted by Crippen LogP contribution is 2.37. The number of pyridine rings is 2. The maximum absolute atomic E-state index is 6.64. The number of hydrogen-bond donors (Lipinski definition) is 0. The van der Waals surface area contributed by atoms with E-state index in [1.807, 2.05) is 43.5 Å². The minimum absolute atomic E-state index is 0.707. The van der Waals surface area contributed by atoms with E-state index in [1.54, 1.807) is 0 Å². The molecule has 0 N–H and O–H groups in total. The molecule has 0 spiro atoms. The van der Waals surface area contributed by atoms with E-state index in [0.29, 0.717) is 5.02 Å². The van der Waals surface area contributed by atoms with E-state index in [1.165, 1.54) is 0 Å². The van der Waals surface area contributed by atoms with E-state index in [9.17, 15) is 0 Å². The fraction of sp³-hybridized carbons (Fsp3) is 0.0667. The molecule has 0 aliphatic carbocycles. The van der Waals surface area contributed by atoms with Crippen molar-refractivity contribution >= 4 is 11.6 Å². The minimum Gasteiger partial charge on any atom is -0.258 e. The molecule has 3 heteroatoms. The van der Waals surface area contributed by atoms with Gasteiger partial charge in [0.2, 0.25) is 0 Å². The Morgan fingerprint density at radius 3 is 2.03 bits per heavy atom. The number of benzene rings is 3. The summed E-state index contributed by atoms with van der Waals surface area (Å²) in [4.78, 5) is 9.35. The molecule has 0 atom stereocenters. The highest BCUT2D eigenvalue weighted by molar-refractivity contribution is 6.33. The molecule has 0 unspecified atom stereocenters. The molecule has 5 rings (SSSR count). The molecule has 160 valence electrons. The third kappa shape index (κ3) is 4.30. The molecule has 0 aliphatic rings. The van der Waals surface area contributed by atoms with E-state index in [0.717, 1.165) is 56.0 Å². The molecule has 2 nitrogen and oxygen atoms in total. The average Bonchev–Trinajstić information content (AvgIpc) is 2.85. The second-order valence-corrected chi connectivity index (χ2v) is 8.53. The molecule has 0 fully saturated rings. The van der Waals surface area contributed by atoms with Crippen LogP contribution in [0.5, 0.6) is 0 Å². The summed E-state index contributed by atoms with van der Waals surface area (Å²) < 4.78 is 0. The van der Waals surface area contributed by atoms with Crippen LogP contribution in [0.1, 0.15) is 11.4 Å². The molecule has 0 aliphatic heterocycles. The molecule has 0 bridgehead atoms. The normalized spacial score (nSPS) is 10.9. The van der Waals surface area contributed by atoms with Gasteiger partial charge in [0.25, 0.3) is 0 Å². The number of hydrogen-bond acceptors (Lipinski definition) is 2. The number of aromatic nitrogens is 2.